The molecule has 0 radical (unpaired) electrons. The van der Waals surface area contributed by atoms with Crippen LogP contribution >= 0.6 is 0 Å². The Morgan fingerprint density at radius 1 is 1.05 bits per heavy atom. The first kappa shape index (κ1) is 31.0. The van der Waals surface area contributed by atoms with E-state index in [1.807, 2.05) is 13.8 Å². The first-order chi connectivity index (χ1) is 19.6. The molecule has 3 aromatic rings. The van der Waals surface area contributed by atoms with Gasteiger partial charge in [0.25, 0.3) is 5.91 Å². The van der Waals surface area contributed by atoms with Crippen molar-refractivity contribution in [3.8, 4) is 11.5 Å². The van der Waals surface area contributed by atoms with Crippen molar-refractivity contribution < 1.29 is 33.8 Å². The number of aryl methyl sites for hydroxylation is 1. The largest absolute Gasteiger partial charge is 0.494 e. The average Bonchev–Trinajstić information content (AvgIpc) is 3.30. The van der Waals surface area contributed by atoms with Crippen molar-refractivity contribution in [3.05, 3.63) is 53.7 Å². The number of rotatable bonds is 15. The maximum atomic E-state index is 14.2. The summed E-state index contributed by atoms with van der Waals surface area (Å²) in [7, 11) is 3.00. The number of amides is 3. The molecule has 0 aliphatic heterocycles. The average molecular weight is 567 g/mol. The highest BCUT2D eigenvalue weighted by atomic mass is 16.5. The van der Waals surface area contributed by atoms with Crippen LogP contribution in [0.2, 0.25) is 0 Å². The highest BCUT2D eigenvalue weighted by molar-refractivity contribution is 6.05. The van der Waals surface area contributed by atoms with Gasteiger partial charge in [0, 0.05) is 23.9 Å². The summed E-state index contributed by atoms with van der Waals surface area (Å²) in [6, 6.07) is 11.0. The summed E-state index contributed by atoms with van der Waals surface area (Å²) in [5.41, 5.74) is 7.35. The minimum Gasteiger partial charge on any atom is -0.494 e. The Morgan fingerprint density at radius 2 is 1.71 bits per heavy atom. The number of fused-ring (bicyclic) bond motifs is 1. The molecule has 1 atom stereocenters. The number of nitrogens with one attached hydrogen (secondary N) is 1. The third kappa shape index (κ3) is 7.56. The van der Waals surface area contributed by atoms with E-state index in [9.17, 15) is 24.3 Å². The summed E-state index contributed by atoms with van der Waals surface area (Å²) < 4.78 is 12.6. The number of hydrogen-bond donors (Lipinski definition) is 3. The Balaban J connectivity index is 2.06. The van der Waals surface area contributed by atoms with Crippen LogP contribution in [0, 0.1) is 6.92 Å². The summed E-state index contributed by atoms with van der Waals surface area (Å²) in [6.45, 7) is 3.79. The summed E-state index contributed by atoms with van der Waals surface area (Å²) in [5, 5.41) is 12.9. The molecule has 1 aromatic heterocycles. The molecule has 0 saturated heterocycles. The van der Waals surface area contributed by atoms with Crippen LogP contribution in [0.3, 0.4) is 0 Å². The van der Waals surface area contributed by atoms with Crippen molar-refractivity contribution in [1.29, 1.82) is 0 Å². The molecule has 3 rings (SSSR count). The van der Waals surface area contributed by atoms with Gasteiger partial charge in [-0.3, -0.25) is 19.2 Å². The fourth-order valence-electron chi connectivity index (χ4n) is 4.81. The van der Waals surface area contributed by atoms with E-state index >= 15 is 0 Å². The molecule has 3 amide bonds. The third-order valence-corrected chi connectivity index (χ3v) is 6.76. The SMILES string of the molecule is CCCCCN(C(=O)C(CCC(N)=O)NC(=O)c1cc2ccccc2n1CC(=O)O)c1c(OC)cc(C)cc1OC. The lowest BCUT2D eigenvalue weighted by atomic mass is 10.1. The number of anilines is 1. The van der Waals surface area contributed by atoms with Crippen molar-refractivity contribution in [2.75, 3.05) is 25.7 Å². The number of nitrogens with two attached hydrogens (primary N) is 1. The second-order valence-corrected chi connectivity index (χ2v) is 9.81. The van der Waals surface area contributed by atoms with Crippen molar-refractivity contribution in [2.45, 2.75) is 58.5 Å². The van der Waals surface area contributed by atoms with E-state index in [2.05, 4.69) is 5.32 Å². The Labute approximate surface area is 239 Å². The fraction of sp³-hybridized carbons (Fsp3) is 0.400. The first-order valence-corrected chi connectivity index (χ1v) is 13.5. The molecule has 0 aliphatic rings. The minimum atomic E-state index is -1.15. The molecule has 4 N–H and O–H groups in total. The molecule has 0 saturated carbocycles. The van der Waals surface area contributed by atoms with Crippen LogP contribution in [0.25, 0.3) is 10.9 Å². The molecule has 2 aromatic carbocycles. The number of benzene rings is 2. The molecular formula is C30H38N4O7. The fourth-order valence-corrected chi connectivity index (χ4v) is 4.81. The van der Waals surface area contributed by atoms with Gasteiger partial charge < -0.3 is 35.1 Å². The molecule has 11 heteroatoms. The Kier molecular flexibility index (Phi) is 10.7. The van der Waals surface area contributed by atoms with Crippen LogP contribution in [0.1, 0.15) is 55.1 Å². The van der Waals surface area contributed by atoms with Gasteiger partial charge >= 0.3 is 5.97 Å². The molecule has 41 heavy (non-hydrogen) atoms. The Morgan fingerprint density at radius 3 is 2.29 bits per heavy atom. The monoisotopic (exact) mass is 566 g/mol. The van der Waals surface area contributed by atoms with Crippen LogP contribution in [-0.4, -0.2) is 60.2 Å². The van der Waals surface area contributed by atoms with E-state index in [4.69, 9.17) is 15.2 Å². The first-order valence-electron chi connectivity index (χ1n) is 13.5. The summed E-state index contributed by atoms with van der Waals surface area (Å²) in [6.07, 6.45) is 2.24. The lowest BCUT2D eigenvalue weighted by Gasteiger charge is -2.30. The Hall–Kier alpha value is -4.54. The van der Waals surface area contributed by atoms with Crippen LogP contribution in [0.5, 0.6) is 11.5 Å². The van der Waals surface area contributed by atoms with E-state index in [0.29, 0.717) is 41.1 Å². The topological polar surface area (TPSA) is 153 Å². The maximum Gasteiger partial charge on any atom is 0.323 e. The number of aliphatic carboxylic acids is 1. The predicted molar refractivity (Wildman–Crippen MR) is 155 cm³/mol. The van der Waals surface area contributed by atoms with Gasteiger partial charge in [-0.25, -0.2) is 0 Å². The lowest BCUT2D eigenvalue weighted by molar-refractivity contribution is -0.137. The summed E-state index contributed by atoms with van der Waals surface area (Å²) in [5.74, 6) is -2.03. The maximum absolute atomic E-state index is 14.2. The van der Waals surface area contributed by atoms with Gasteiger partial charge in [0.2, 0.25) is 11.8 Å². The zero-order valence-corrected chi connectivity index (χ0v) is 23.9. The number of carbonyl (C=O) groups is 4. The zero-order valence-electron chi connectivity index (χ0n) is 23.9. The zero-order chi connectivity index (χ0) is 30.1. The van der Waals surface area contributed by atoms with E-state index in [-0.39, 0.29) is 18.5 Å². The molecule has 11 nitrogen and oxygen atoms in total. The van der Waals surface area contributed by atoms with Crippen LogP contribution < -0.4 is 25.4 Å². The van der Waals surface area contributed by atoms with Gasteiger partial charge in [0.05, 0.1) is 14.2 Å². The van der Waals surface area contributed by atoms with Crippen molar-refractivity contribution in [3.63, 3.8) is 0 Å². The minimum absolute atomic E-state index is 0.0557. The van der Waals surface area contributed by atoms with E-state index in [1.54, 1.807) is 42.5 Å². The Bertz CT molecular complexity index is 1390. The number of nitrogens with zero attached hydrogens (tertiary/aromatic N) is 2. The molecule has 0 aliphatic carbocycles. The number of methoxy groups -OCH3 is 2. The number of hydrogen-bond acceptors (Lipinski definition) is 6. The normalized spacial score (nSPS) is 11.6. The number of aromatic nitrogens is 1. The van der Waals surface area contributed by atoms with Gasteiger partial charge in [-0.2, -0.15) is 0 Å². The highest BCUT2D eigenvalue weighted by Crippen LogP contribution is 2.40. The number of primary amides is 1. The van der Waals surface area contributed by atoms with Crippen LogP contribution in [0.15, 0.2) is 42.5 Å². The smallest absolute Gasteiger partial charge is 0.323 e. The third-order valence-electron chi connectivity index (χ3n) is 6.76. The molecule has 0 bridgehead atoms. The molecule has 0 fully saturated rings. The van der Waals surface area contributed by atoms with E-state index in [1.165, 1.54) is 23.7 Å². The quantitative estimate of drug-likeness (QED) is 0.237. The second kappa shape index (κ2) is 14.2. The summed E-state index contributed by atoms with van der Waals surface area (Å²) in [4.78, 5) is 52.7. The predicted octanol–water partition coefficient (Wildman–Crippen LogP) is 3.64. The van der Waals surface area contributed by atoms with Gasteiger partial charge in [-0.1, -0.05) is 38.0 Å². The van der Waals surface area contributed by atoms with Crippen molar-refractivity contribution >= 4 is 40.3 Å². The molecule has 1 unspecified atom stereocenters. The standard InChI is InChI=1S/C30H38N4O7/c1-5-6-9-14-33(28-24(40-3)15-19(2)16-25(28)41-4)30(39)21(12-13-26(31)35)32-29(38)23-17-20-10-7-8-11-22(20)34(23)18-27(36)37/h7-8,10-11,15-17,21H,5-6,9,12-14,18H2,1-4H3,(H2,31,35)(H,32,38)(H,36,37). The van der Waals surface area contributed by atoms with E-state index < -0.39 is 36.3 Å². The molecular weight excluding hydrogens is 528 g/mol. The number of ether oxygens (including phenoxy) is 2. The molecule has 220 valence electrons. The van der Waals surface area contributed by atoms with Crippen molar-refractivity contribution in [1.82, 2.24) is 9.88 Å². The number of carboxylic acid groups (broad SMARTS) is 1. The van der Waals surface area contributed by atoms with Gasteiger partial charge in [-0.05, 0) is 49.6 Å². The van der Waals surface area contributed by atoms with Crippen molar-refractivity contribution in [2.24, 2.45) is 5.73 Å². The van der Waals surface area contributed by atoms with Gasteiger partial charge in [0.15, 0.2) is 0 Å². The van der Waals surface area contributed by atoms with E-state index in [0.717, 1.165) is 18.4 Å². The number of carbonyl (C=O) groups excluding carboxylic acids is 3. The van der Waals surface area contributed by atoms with Crippen LogP contribution in [0.4, 0.5) is 5.69 Å². The van der Waals surface area contributed by atoms with Gasteiger partial charge in [0.1, 0.15) is 35.5 Å². The summed E-state index contributed by atoms with van der Waals surface area (Å²) >= 11 is 0. The number of para-hydroxylation sites is 1. The number of unbranched alkanes of at least 4 members (excludes halogenated alkanes) is 2. The molecule has 0 spiro atoms. The van der Waals surface area contributed by atoms with Gasteiger partial charge in [-0.15, -0.1) is 0 Å². The second-order valence-electron chi connectivity index (χ2n) is 9.81. The molecule has 1 heterocycles. The number of carboxylic acids is 1. The highest BCUT2D eigenvalue weighted by Gasteiger charge is 2.32. The lowest BCUT2D eigenvalue weighted by Crippen LogP contribution is -2.50. The van der Waals surface area contributed by atoms with Crippen LogP contribution in [-0.2, 0) is 20.9 Å².